The van der Waals surface area contributed by atoms with E-state index in [0.717, 1.165) is 0 Å². The number of hydrogen-bond donors (Lipinski definition) is 0. The molecule has 0 heterocycles. The second kappa shape index (κ2) is 7.33. The Morgan fingerprint density at radius 3 is 1.33 bits per heavy atom. The van der Waals surface area contributed by atoms with Crippen LogP contribution in [0.3, 0.4) is 0 Å². The van der Waals surface area contributed by atoms with E-state index in [1.807, 2.05) is 23.9 Å². The van der Waals surface area contributed by atoms with Gasteiger partial charge in [0, 0.05) is 10.5 Å². The van der Waals surface area contributed by atoms with Crippen molar-refractivity contribution in [3.05, 3.63) is 96.1 Å². The largest absolute Gasteiger partial charge is 0.137 e. The van der Waals surface area contributed by atoms with E-state index in [2.05, 4.69) is 75.5 Å². The van der Waals surface area contributed by atoms with Gasteiger partial charge < -0.3 is 0 Å². The van der Waals surface area contributed by atoms with Gasteiger partial charge in [-0.25, -0.2) is 0 Å². The normalized spacial score (nSPS) is 13.4. The monoisotopic (exact) mass is 294 g/mol. The van der Waals surface area contributed by atoms with Crippen molar-refractivity contribution in [3.63, 3.8) is 0 Å². The Morgan fingerprint density at radius 2 is 1.05 bits per heavy atom. The van der Waals surface area contributed by atoms with Crippen molar-refractivity contribution in [2.24, 2.45) is 0 Å². The molecule has 0 amide bonds. The second-order valence-electron chi connectivity index (χ2n) is 5.27. The maximum absolute atomic E-state index is 4.00. The summed E-state index contributed by atoms with van der Waals surface area (Å²) in [5, 5.41) is 0.546. The molecule has 0 N–H and O–H groups in total. The van der Waals surface area contributed by atoms with Gasteiger partial charge in [0.05, 0.1) is 0 Å². The minimum atomic E-state index is 0.273. The van der Waals surface area contributed by atoms with Crippen molar-refractivity contribution in [1.82, 2.24) is 0 Å². The Kier molecular flexibility index (Phi) is 5.46. The summed E-state index contributed by atoms with van der Waals surface area (Å²) < 4.78 is 0. The van der Waals surface area contributed by atoms with Crippen molar-refractivity contribution >= 4 is 11.8 Å². The summed E-state index contributed by atoms with van der Waals surface area (Å²) in [6, 6.07) is 17.4. The van der Waals surface area contributed by atoms with Crippen molar-refractivity contribution in [2.45, 2.75) is 24.3 Å². The third kappa shape index (κ3) is 4.12. The Morgan fingerprint density at radius 1 is 0.714 bits per heavy atom. The van der Waals surface area contributed by atoms with Crippen LogP contribution in [0.4, 0.5) is 0 Å². The molecule has 0 aromatic heterocycles. The van der Waals surface area contributed by atoms with Crippen LogP contribution < -0.4 is 0 Å². The van der Waals surface area contributed by atoms with Crippen molar-refractivity contribution in [2.75, 3.05) is 0 Å². The fourth-order valence-electron chi connectivity index (χ4n) is 2.21. The van der Waals surface area contributed by atoms with Crippen molar-refractivity contribution < 1.29 is 0 Å². The first kappa shape index (κ1) is 15.7. The third-order valence-electron chi connectivity index (χ3n) is 3.53. The number of aryl methyl sites for hydroxylation is 2. The summed E-state index contributed by atoms with van der Waals surface area (Å²) in [7, 11) is 0. The molecule has 0 bridgehead atoms. The molecular formula is C20H22S. The van der Waals surface area contributed by atoms with E-state index in [9.17, 15) is 0 Å². The predicted molar refractivity (Wildman–Crippen MR) is 95.8 cm³/mol. The molecule has 0 unspecified atom stereocenters. The zero-order valence-corrected chi connectivity index (χ0v) is 13.6. The van der Waals surface area contributed by atoms with Crippen LogP contribution in [0.25, 0.3) is 0 Å². The zero-order valence-electron chi connectivity index (χ0n) is 12.8. The van der Waals surface area contributed by atoms with Gasteiger partial charge in [0.15, 0.2) is 0 Å². The fraction of sp³-hybridized carbons (Fsp3) is 0.200. The predicted octanol–water partition coefficient (Wildman–Crippen LogP) is 6.19. The highest BCUT2D eigenvalue weighted by Crippen LogP contribution is 2.41. The minimum absolute atomic E-state index is 0.273. The van der Waals surface area contributed by atoms with Crippen LogP contribution in [0.5, 0.6) is 0 Å². The molecule has 2 aromatic carbocycles. The highest BCUT2D eigenvalue weighted by atomic mass is 32.2. The van der Waals surface area contributed by atoms with Gasteiger partial charge >= 0.3 is 0 Å². The fourth-order valence-corrected chi connectivity index (χ4v) is 3.38. The Hall–Kier alpha value is -1.73. The smallest absolute Gasteiger partial charge is 0.0483 e. The lowest BCUT2D eigenvalue weighted by Crippen LogP contribution is -1.96. The average molecular weight is 294 g/mol. The van der Waals surface area contributed by atoms with E-state index < -0.39 is 0 Å². The molecule has 0 saturated heterocycles. The standard InChI is InChI=1S/C20H22S/c1-5-19(17-11-7-15(3)8-12-17)21-20(6-2)18-13-9-16(4)10-14-18/h5-14,19-20H,1-2H2,3-4H3/t19-,20-/m1/s1. The van der Waals surface area contributed by atoms with Gasteiger partial charge in [0.2, 0.25) is 0 Å². The van der Waals surface area contributed by atoms with Crippen LogP contribution in [-0.4, -0.2) is 0 Å². The maximum atomic E-state index is 4.00. The van der Waals surface area contributed by atoms with Crippen LogP contribution >= 0.6 is 11.8 Å². The number of benzene rings is 2. The summed E-state index contributed by atoms with van der Waals surface area (Å²) in [4.78, 5) is 0. The molecule has 108 valence electrons. The number of hydrogen-bond acceptors (Lipinski definition) is 1. The lowest BCUT2D eigenvalue weighted by molar-refractivity contribution is 1.16. The molecule has 0 spiro atoms. The molecule has 1 heteroatoms. The molecule has 0 aliphatic heterocycles. The Bertz CT molecular complexity index is 537. The van der Waals surface area contributed by atoms with E-state index in [1.165, 1.54) is 22.3 Å². The topological polar surface area (TPSA) is 0 Å². The molecule has 0 aliphatic rings. The highest BCUT2D eigenvalue weighted by Gasteiger charge is 2.15. The van der Waals surface area contributed by atoms with E-state index in [4.69, 9.17) is 0 Å². The maximum Gasteiger partial charge on any atom is 0.0483 e. The molecule has 2 aromatic rings. The Balaban J connectivity index is 2.19. The van der Waals surface area contributed by atoms with Crippen LogP contribution in [0.15, 0.2) is 73.8 Å². The van der Waals surface area contributed by atoms with Gasteiger partial charge in [-0.05, 0) is 25.0 Å². The lowest BCUT2D eigenvalue weighted by Gasteiger charge is -2.19. The van der Waals surface area contributed by atoms with Gasteiger partial charge in [0.25, 0.3) is 0 Å². The quantitative estimate of drug-likeness (QED) is 0.572. The molecule has 0 fully saturated rings. The van der Waals surface area contributed by atoms with Gasteiger partial charge in [0.1, 0.15) is 0 Å². The second-order valence-corrected chi connectivity index (χ2v) is 6.56. The molecule has 0 radical (unpaired) electrons. The molecular weight excluding hydrogens is 272 g/mol. The summed E-state index contributed by atoms with van der Waals surface area (Å²) in [5.41, 5.74) is 5.15. The van der Waals surface area contributed by atoms with Gasteiger partial charge in [-0.15, -0.1) is 24.9 Å². The van der Waals surface area contributed by atoms with Gasteiger partial charge in [-0.2, -0.15) is 0 Å². The molecule has 0 nitrogen and oxygen atoms in total. The summed E-state index contributed by atoms with van der Waals surface area (Å²) in [6.07, 6.45) is 4.03. The lowest BCUT2D eigenvalue weighted by atomic mass is 10.1. The van der Waals surface area contributed by atoms with E-state index in [-0.39, 0.29) is 10.5 Å². The minimum Gasteiger partial charge on any atom is -0.137 e. The molecule has 0 aliphatic carbocycles. The van der Waals surface area contributed by atoms with Crippen LogP contribution in [0.1, 0.15) is 32.8 Å². The summed E-state index contributed by atoms with van der Waals surface area (Å²) in [6.45, 7) is 12.2. The zero-order chi connectivity index (χ0) is 15.2. The first-order valence-corrected chi connectivity index (χ1v) is 8.12. The molecule has 2 atom stereocenters. The SMILES string of the molecule is C=C[C@@H](S[C@H](C=C)c1ccc(C)cc1)c1ccc(C)cc1. The van der Waals surface area contributed by atoms with Crippen LogP contribution in [-0.2, 0) is 0 Å². The highest BCUT2D eigenvalue weighted by molar-refractivity contribution is 8.00. The van der Waals surface area contributed by atoms with Crippen molar-refractivity contribution in [3.8, 4) is 0 Å². The molecule has 21 heavy (non-hydrogen) atoms. The third-order valence-corrected chi connectivity index (χ3v) is 5.05. The number of rotatable bonds is 6. The Labute approximate surface area is 132 Å². The van der Waals surface area contributed by atoms with E-state index >= 15 is 0 Å². The van der Waals surface area contributed by atoms with Crippen LogP contribution in [0, 0.1) is 13.8 Å². The van der Waals surface area contributed by atoms with E-state index in [0.29, 0.717) is 0 Å². The van der Waals surface area contributed by atoms with Crippen molar-refractivity contribution in [1.29, 1.82) is 0 Å². The van der Waals surface area contributed by atoms with Gasteiger partial charge in [-0.3, -0.25) is 0 Å². The first-order chi connectivity index (χ1) is 10.1. The summed E-state index contributed by atoms with van der Waals surface area (Å²) in [5.74, 6) is 0. The van der Waals surface area contributed by atoms with E-state index in [1.54, 1.807) is 0 Å². The van der Waals surface area contributed by atoms with Gasteiger partial charge in [-0.1, -0.05) is 71.8 Å². The van der Waals surface area contributed by atoms with Crippen LogP contribution in [0.2, 0.25) is 0 Å². The summed E-state index contributed by atoms with van der Waals surface area (Å²) >= 11 is 1.87. The first-order valence-electron chi connectivity index (χ1n) is 7.17. The molecule has 0 saturated carbocycles. The average Bonchev–Trinajstić information content (AvgIpc) is 2.51. The number of thioether (sulfide) groups is 1. The molecule has 2 rings (SSSR count).